The van der Waals surface area contributed by atoms with Crippen molar-refractivity contribution in [1.29, 1.82) is 0 Å². The maximum Gasteiger partial charge on any atom is 0.325 e. The molecule has 0 aliphatic heterocycles. The Labute approximate surface area is 132 Å². The zero-order valence-corrected chi connectivity index (χ0v) is 14.8. The van der Waals surface area contributed by atoms with Crippen LogP contribution in [0.25, 0.3) is 0 Å². The largest absolute Gasteiger partial charge is 0.462 e. The number of methoxy groups -OCH3 is 1. The third-order valence-corrected chi connectivity index (χ3v) is 4.10. The van der Waals surface area contributed by atoms with E-state index in [1.54, 1.807) is 6.92 Å². The van der Waals surface area contributed by atoms with Crippen LogP contribution in [-0.2, 0) is 29.0 Å². The average molecular weight is 340 g/mol. The van der Waals surface area contributed by atoms with Crippen LogP contribution >= 0.6 is 0 Å². The van der Waals surface area contributed by atoms with E-state index in [1.165, 1.54) is 11.4 Å². The molecule has 0 amide bonds. The summed E-state index contributed by atoms with van der Waals surface area (Å²) in [4.78, 5) is 11.7. The number of carbonyl (C=O) groups is 1. The van der Waals surface area contributed by atoms with Crippen LogP contribution in [0.15, 0.2) is 0 Å². The highest BCUT2D eigenvalue weighted by atomic mass is 32.2. The first-order valence-electron chi connectivity index (χ1n) is 7.13. The van der Waals surface area contributed by atoms with E-state index in [4.69, 9.17) is 19.9 Å². The predicted molar refractivity (Wildman–Crippen MR) is 82.9 cm³/mol. The van der Waals surface area contributed by atoms with Crippen molar-refractivity contribution in [1.82, 2.24) is 4.31 Å². The van der Waals surface area contributed by atoms with Crippen molar-refractivity contribution in [3.63, 3.8) is 0 Å². The first-order valence-corrected chi connectivity index (χ1v) is 8.98. The van der Waals surface area contributed by atoms with Crippen molar-refractivity contribution in [3.05, 3.63) is 0 Å². The molecule has 8 nitrogen and oxygen atoms in total. The third kappa shape index (κ3) is 8.64. The average Bonchev–Trinajstić information content (AvgIpc) is 2.39. The van der Waals surface area contributed by atoms with Gasteiger partial charge < -0.3 is 19.9 Å². The summed E-state index contributed by atoms with van der Waals surface area (Å²) in [7, 11) is -1.91. The molecule has 0 aromatic rings. The lowest BCUT2D eigenvalue weighted by atomic mass is 10.3. The van der Waals surface area contributed by atoms with Gasteiger partial charge in [-0.1, -0.05) is 6.92 Å². The second kappa shape index (κ2) is 10.1. The molecular formula is C13H28N2O6S. The molecule has 0 rings (SSSR count). The van der Waals surface area contributed by atoms with Gasteiger partial charge in [-0.15, -0.1) is 0 Å². The summed E-state index contributed by atoms with van der Waals surface area (Å²) in [6.45, 7) is 5.78. The lowest BCUT2D eigenvalue weighted by molar-refractivity contribution is -0.152. The number of nitrogens with two attached hydrogens (primary N) is 1. The zero-order chi connectivity index (χ0) is 17.3. The Bertz CT molecular complexity index is 426. The van der Waals surface area contributed by atoms with E-state index in [9.17, 15) is 13.2 Å². The number of rotatable bonds is 11. The summed E-state index contributed by atoms with van der Waals surface area (Å²) in [6.07, 6.45) is 0.437. The molecule has 9 heteroatoms. The standard InChI is InChI=1S/C13H28N2O6S/c1-6-15(22(5,17)18)7-11(21-10(2)3)8-20-13(16)12(14)9-19-4/h10-12H,6-9,14H2,1-5H3/t11-,12-/m0/s1. The zero-order valence-electron chi connectivity index (χ0n) is 13.9. The molecule has 132 valence electrons. The van der Waals surface area contributed by atoms with Crippen molar-refractivity contribution in [3.8, 4) is 0 Å². The Hall–Kier alpha value is -0.740. The van der Waals surface area contributed by atoms with E-state index >= 15 is 0 Å². The van der Waals surface area contributed by atoms with E-state index < -0.39 is 28.1 Å². The number of carbonyl (C=O) groups excluding carboxylic acids is 1. The Morgan fingerprint density at radius 1 is 1.27 bits per heavy atom. The summed E-state index contributed by atoms with van der Waals surface area (Å²) in [5, 5.41) is 0. The molecule has 0 aromatic carbocycles. The topological polar surface area (TPSA) is 108 Å². The Kier molecular flexibility index (Phi) is 9.77. The number of hydrogen-bond donors (Lipinski definition) is 1. The SMILES string of the molecule is CCN(C[C@@H](COC(=O)[C@@H](N)COC)OC(C)C)S(C)(=O)=O. The van der Waals surface area contributed by atoms with Gasteiger partial charge in [0.2, 0.25) is 10.0 Å². The van der Waals surface area contributed by atoms with E-state index in [0.29, 0.717) is 6.54 Å². The van der Waals surface area contributed by atoms with Gasteiger partial charge in [0.1, 0.15) is 18.8 Å². The second-order valence-corrected chi connectivity index (χ2v) is 7.19. The van der Waals surface area contributed by atoms with Crippen LogP contribution in [0.4, 0.5) is 0 Å². The quantitative estimate of drug-likeness (QED) is 0.509. The van der Waals surface area contributed by atoms with Gasteiger partial charge >= 0.3 is 5.97 Å². The van der Waals surface area contributed by atoms with Crippen LogP contribution in [0.3, 0.4) is 0 Å². The lowest BCUT2D eigenvalue weighted by Gasteiger charge is -2.26. The second-order valence-electron chi connectivity index (χ2n) is 5.21. The Morgan fingerprint density at radius 3 is 2.27 bits per heavy atom. The molecule has 2 N–H and O–H groups in total. The molecule has 0 unspecified atom stereocenters. The van der Waals surface area contributed by atoms with E-state index in [0.717, 1.165) is 6.26 Å². The number of esters is 1. The normalized spacial score (nSPS) is 15.1. The van der Waals surface area contributed by atoms with Crippen molar-refractivity contribution in [2.24, 2.45) is 5.73 Å². The van der Waals surface area contributed by atoms with E-state index in [2.05, 4.69) is 0 Å². The van der Waals surface area contributed by atoms with Crippen LogP contribution in [0.2, 0.25) is 0 Å². The molecule has 0 saturated carbocycles. The molecular weight excluding hydrogens is 312 g/mol. The van der Waals surface area contributed by atoms with Gasteiger partial charge in [0, 0.05) is 20.2 Å². The molecule has 0 aliphatic carbocycles. The Balaban J connectivity index is 4.68. The highest BCUT2D eigenvalue weighted by Gasteiger charge is 2.24. The molecule has 0 radical (unpaired) electrons. The third-order valence-electron chi connectivity index (χ3n) is 2.75. The van der Waals surface area contributed by atoms with Gasteiger partial charge in [-0.3, -0.25) is 4.79 Å². The van der Waals surface area contributed by atoms with Gasteiger partial charge in [0.15, 0.2) is 0 Å². The van der Waals surface area contributed by atoms with Gasteiger partial charge in [0.25, 0.3) is 0 Å². The monoisotopic (exact) mass is 340 g/mol. The van der Waals surface area contributed by atoms with E-state index in [1.807, 2.05) is 13.8 Å². The van der Waals surface area contributed by atoms with Crippen LogP contribution in [0, 0.1) is 0 Å². The van der Waals surface area contributed by atoms with Gasteiger partial charge in [-0.25, -0.2) is 8.42 Å². The minimum Gasteiger partial charge on any atom is -0.462 e. The summed E-state index contributed by atoms with van der Waals surface area (Å²) >= 11 is 0. The molecule has 0 heterocycles. The number of sulfonamides is 1. The fourth-order valence-corrected chi connectivity index (χ4v) is 2.68. The number of hydrogen-bond acceptors (Lipinski definition) is 7. The first-order chi connectivity index (χ1) is 10.1. The Morgan fingerprint density at radius 2 is 1.86 bits per heavy atom. The molecule has 0 bridgehead atoms. The van der Waals surface area contributed by atoms with Crippen LogP contribution in [0.5, 0.6) is 0 Å². The predicted octanol–water partition coefficient (Wildman–Crippen LogP) is -0.422. The molecule has 2 atom stereocenters. The van der Waals surface area contributed by atoms with Gasteiger partial charge in [-0.05, 0) is 13.8 Å². The van der Waals surface area contributed by atoms with Crippen molar-refractivity contribution in [2.45, 2.75) is 39.0 Å². The molecule has 0 aromatic heterocycles. The molecule has 0 aliphatic rings. The molecule has 0 spiro atoms. The molecule has 0 saturated heterocycles. The number of nitrogens with zero attached hydrogens (tertiary/aromatic N) is 1. The first kappa shape index (κ1) is 21.3. The lowest BCUT2D eigenvalue weighted by Crippen LogP contribution is -2.43. The number of likely N-dealkylation sites (N-methyl/N-ethyl adjacent to an activating group) is 1. The van der Waals surface area contributed by atoms with Gasteiger partial charge in [-0.2, -0.15) is 4.31 Å². The number of ether oxygens (including phenoxy) is 3. The fourth-order valence-electron chi connectivity index (χ4n) is 1.78. The highest BCUT2D eigenvalue weighted by Crippen LogP contribution is 2.06. The maximum absolute atomic E-state index is 11.7. The highest BCUT2D eigenvalue weighted by molar-refractivity contribution is 7.88. The van der Waals surface area contributed by atoms with E-state index in [-0.39, 0.29) is 25.9 Å². The van der Waals surface area contributed by atoms with Crippen molar-refractivity contribution >= 4 is 16.0 Å². The summed E-state index contributed by atoms with van der Waals surface area (Å²) in [5.74, 6) is -0.610. The maximum atomic E-state index is 11.7. The molecule has 22 heavy (non-hydrogen) atoms. The van der Waals surface area contributed by atoms with Crippen molar-refractivity contribution in [2.75, 3.05) is 39.7 Å². The van der Waals surface area contributed by atoms with Crippen molar-refractivity contribution < 1.29 is 27.4 Å². The smallest absolute Gasteiger partial charge is 0.325 e. The summed E-state index contributed by atoms with van der Waals surface area (Å²) < 4.78 is 40.0. The fraction of sp³-hybridized carbons (Fsp3) is 0.923. The molecule has 0 fully saturated rings. The van der Waals surface area contributed by atoms with Crippen LogP contribution in [0.1, 0.15) is 20.8 Å². The minimum atomic E-state index is -3.34. The van der Waals surface area contributed by atoms with Crippen LogP contribution in [-0.4, -0.2) is 76.6 Å². The minimum absolute atomic E-state index is 0.0545. The summed E-state index contributed by atoms with van der Waals surface area (Å²) in [6, 6.07) is -0.873. The van der Waals surface area contributed by atoms with Gasteiger partial charge in [0.05, 0.1) is 19.0 Å². The van der Waals surface area contributed by atoms with Crippen LogP contribution < -0.4 is 5.73 Å². The summed E-state index contributed by atoms with van der Waals surface area (Å²) in [5.41, 5.74) is 5.57.